The van der Waals surface area contributed by atoms with Crippen LogP contribution in [0.5, 0.6) is 0 Å². The Morgan fingerprint density at radius 2 is 1.86 bits per heavy atom. The molecule has 0 bridgehead atoms. The first-order chi connectivity index (χ1) is 13.8. The lowest BCUT2D eigenvalue weighted by Gasteiger charge is -2.07. The molecule has 0 unspecified atom stereocenters. The molecule has 1 amide bonds. The molecular formula is C19H13N7OS. The lowest BCUT2D eigenvalue weighted by atomic mass is 10.1. The Morgan fingerprint density at radius 3 is 2.57 bits per heavy atom. The molecule has 9 heteroatoms. The summed E-state index contributed by atoms with van der Waals surface area (Å²) in [6.07, 6.45) is 5.47. The minimum absolute atomic E-state index is 0.182. The fourth-order valence-electron chi connectivity index (χ4n) is 2.84. The summed E-state index contributed by atoms with van der Waals surface area (Å²) in [6.45, 7) is 0. The van der Waals surface area contributed by atoms with Crippen molar-refractivity contribution in [2.45, 2.75) is 0 Å². The highest BCUT2D eigenvalue weighted by atomic mass is 32.1. The average Bonchev–Trinajstić information content (AvgIpc) is 3.46. The van der Waals surface area contributed by atoms with Crippen LogP contribution in [0.4, 0.5) is 5.69 Å². The number of thiazole rings is 1. The second kappa shape index (κ2) is 6.71. The number of nitrogens with zero attached hydrogens (tertiary/aromatic N) is 6. The topological polar surface area (TPSA) is 90.0 Å². The van der Waals surface area contributed by atoms with Crippen LogP contribution in [-0.4, -0.2) is 35.5 Å². The molecule has 136 valence electrons. The van der Waals surface area contributed by atoms with Crippen molar-refractivity contribution in [1.82, 2.24) is 29.6 Å². The number of hydrogen-bond acceptors (Lipinski definition) is 6. The van der Waals surface area contributed by atoms with Crippen LogP contribution in [0, 0.1) is 0 Å². The third-order valence-corrected chi connectivity index (χ3v) is 5.05. The number of rotatable bonds is 4. The Bertz CT molecular complexity index is 1210. The van der Waals surface area contributed by atoms with Gasteiger partial charge in [-0.25, -0.2) is 9.67 Å². The second-order valence-electron chi connectivity index (χ2n) is 6.05. The van der Waals surface area contributed by atoms with Crippen LogP contribution in [0.15, 0.2) is 72.6 Å². The number of anilines is 1. The van der Waals surface area contributed by atoms with Gasteiger partial charge in [0.1, 0.15) is 6.33 Å². The van der Waals surface area contributed by atoms with Gasteiger partial charge in [-0.15, -0.1) is 16.4 Å². The highest BCUT2D eigenvalue weighted by Gasteiger charge is 2.09. The van der Waals surface area contributed by atoms with E-state index >= 15 is 0 Å². The van der Waals surface area contributed by atoms with Crippen molar-refractivity contribution < 1.29 is 4.79 Å². The number of nitrogens with one attached hydrogen (secondary N) is 1. The van der Waals surface area contributed by atoms with Crippen LogP contribution < -0.4 is 5.32 Å². The minimum atomic E-state index is -0.182. The molecule has 0 aliphatic rings. The van der Waals surface area contributed by atoms with E-state index in [2.05, 4.69) is 25.8 Å². The van der Waals surface area contributed by atoms with Crippen LogP contribution in [0.25, 0.3) is 21.9 Å². The highest BCUT2D eigenvalue weighted by Crippen LogP contribution is 2.23. The number of imidazole rings is 1. The average molecular weight is 387 g/mol. The molecule has 0 saturated heterocycles. The lowest BCUT2D eigenvalue weighted by molar-refractivity contribution is 0.102. The molecular weight excluding hydrogens is 374 g/mol. The maximum Gasteiger partial charge on any atom is 0.255 e. The number of carbonyl (C=O) groups is 1. The predicted molar refractivity (Wildman–Crippen MR) is 106 cm³/mol. The highest BCUT2D eigenvalue weighted by molar-refractivity contribution is 7.15. The second-order valence-corrected chi connectivity index (χ2v) is 6.92. The van der Waals surface area contributed by atoms with E-state index in [9.17, 15) is 4.79 Å². The zero-order valence-corrected chi connectivity index (χ0v) is 15.2. The Balaban J connectivity index is 1.30. The molecule has 3 heterocycles. The van der Waals surface area contributed by atoms with E-state index in [0.717, 1.165) is 27.6 Å². The van der Waals surface area contributed by atoms with Crippen molar-refractivity contribution in [2.75, 3.05) is 5.32 Å². The van der Waals surface area contributed by atoms with E-state index in [4.69, 9.17) is 0 Å². The zero-order valence-electron chi connectivity index (χ0n) is 14.4. The number of carbonyl (C=O) groups excluding carboxylic acids is 1. The Labute approximate surface area is 163 Å². The van der Waals surface area contributed by atoms with Gasteiger partial charge < -0.3 is 5.32 Å². The smallest absolute Gasteiger partial charge is 0.255 e. The third-order valence-electron chi connectivity index (χ3n) is 4.27. The van der Waals surface area contributed by atoms with Crippen molar-refractivity contribution in [3.63, 3.8) is 0 Å². The van der Waals surface area contributed by atoms with Crippen molar-refractivity contribution >= 4 is 27.9 Å². The summed E-state index contributed by atoms with van der Waals surface area (Å²) >= 11 is 1.59. The van der Waals surface area contributed by atoms with E-state index in [1.54, 1.807) is 35.6 Å². The standard InChI is InChI=1S/C19H13N7OS/c27-18(14-3-7-16(8-4-14)26-12-20-23-24-26)21-15-5-1-13(2-6-15)17-11-25-9-10-28-19(25)22-17/h1-12H,(H,21,27). The number of benzene rings is 2. The van der Waals surface area contributed by atoms with Crippen molar-refractivity contribution in [2.24, 2.45) is 0 Å². The van der Waals surface area contributed by atoms with Gasteiger partial charge in [0.2, 0.25) is 0 Å². The molecule has 0 aliphatic heterocycles. The van der Waals surface area contributed by atoms with Gasteiger partial charge >= 0.3 is 0 Å². The normalized spacial score (nSPS) is 11.0. The Morgan fingerprint density at radius 1 is 1.04 bits per heavy atom. The van der Waals surface area contributed by atoms with Gasteiger partial charge in [-0.3, -0.25) is 9.20 Å². The van der Waals surface area contributed by atoms with Gasteiger partial charge in [0.15, 0.2) is 4.96 Å². The summed E-state index contributed by atoms with van der Waals surface area (Å²) in [4.78, 5) is 18.0. The summed E-state index contributed by atoms with van der Waals surface area (Å²) in [7, 11) is 0. The molecule has 5 aromatic rings. The van der Waals surface area contributed by atoms with E-state index in [1.807, 2.05) is 46.4 Å². The molecule has 1 N–H and O–H groups in total. The fraction of sp³-hybridized carbons (Fsp3) is 0. The Kier molecular flexibility index (Phi) is 3.91. The fourth-order valence-corrected chi connectivity index (χ4v) is 3.54. The van der Waals surface area contributed by atoms with Gasteiger partial charge in [-0.05, 0) is 46.8 Å². The summed E-state index contributed by atoms with van der Waals surface area (Å²) in [6, 6.07) is 14.7. The largest absolute Gasteiger partial charge is 0.322 e. The van der Waals surface area contributed by atoms with Gasteiger partial charge in [0, 0.05) is 34.6 Å². The maximum atomic E-state index is 12.5. The first kappa shape index (κ1) is 16.3. The molecule has 5 rings (SSSR count). The van der Waals surface area contributed by atoms with Crippen LogP contribution in [0.1, 0.15) is 10.4 Å². The predicted octanol–water partition coefficient (Wildman–Crippen LogP) is 3.29. The number of amides is 1. The molecule has 0 radical (unpaired) electrons. The van der Waals surface area contributed by atoms with E-state index in [0.29, 0.717) is 5.56 Å². The molecule has 0 spiro atoms. The first-order valence-corrected chi connectivity index (χ1v) is 9.32. The van der Waals surface area contributed by atoms with Crippen LogP contribution >= 0.6 is 11.3 Å². The molecule has 3 aromatic heterocycles. The molecule has 28 heavy (non-hydrogen) atoms. The minimum Gasteiger partial charge on any atom is -0.322 e. The van der Waals surface area contributed by atoms with Crippen LogP contribution in [0.3, 0.4) is 0 Å². The third kappa shape index (κ3) is 3.03. The molecule has 0 saturated carbocycles. The van der Waals surface area contributed by atoms with Gasteiger partial charge in [-0.2, -0.15) is 0 Å². The summed E-state index contributed by atoms with van der Waals surface area (Å²) < 4.78 is 3.52. The van der Waals surface area contributed by atoms with Gasteiger partial charge in [0.05, 0.1) is 11.4 Å². The maximum absolute atomic E-state index is 12.5. The van der Waals surface area contributed by atoms with Gasteiger partial charge in [0.25, 0.3) is 5.91 Å². The van der Waals surface area contributed by atoms with E-state index in [-0.39, 0.29) is 5.91 Å². The number of aromatic nitrogens is 6. The number of tetrazole rings is 1. The van der Waals surface area contributed by atoms with Crippen LogP contribution in [-0.2, 0) is 0 Å². The van der Waals surface area contributed by atoms with E-state index < -0.39 is 0 Å². The number of hydrogen-bond donors (Lipinski definition) is 1. The molecule has 2 aromatic carbocycles. The van der Waals surface area contributed by atoms with Crippen molar-refractivity contribution in [3.8, 4) is 16.9 Å². The van der Waals surface area contributed by atoms with E-state index in [1.165, 1.54) is 11.0 Å². The quantitative estimate of drug-likeness (QED) is 0.511. The Hall–Kier alpha value is -3.85. The van der Waals surface area contributed by atoms with Crippen molar-refractivity contribution in [1.29, 1.82) is 0 Å². The summed E-state index contributed by atoms with van der Waals surface area (Å²) in [5, 5.41) is 15.9. The lowest BCUT2D eigenvalue weighted by Crippen LogP contribution is -2.11. The monoisotopic (exact) mass is 387 g/mol. The summed E-state index contributed by atoms with van der Waals surface area (Å²) in [5.41, 5.74) is 3.96. The first-order valence-electron chi connectivity index (χ1n) is 8.44. The van der Waals surface area contributed by atoms with Crippen LogP contribution in [0.2, 0.25) is 0 Å². The molecule has 0 aliphatic carbocycles. The summed E-state index contributed by atoms with van der Waals surface area (Å²) in [5.74, 6) is -0.182. The zero-order chi connectivity index (χ0) is 18.9. The number of fused-ring (bicyclic) bond motifs is 1. The van der Waals surface area contributed by atoms with Crippen molar-refractivity contribution in [3.05, 3.63) is 78.2 Å². The SMILES string of the molecule is O=C(Nc1ccc(-c2cn3ccsc3n2)cc1)c1ccc(-n2cnnn2)cc1. The molecule has 0 atom stereocenters. The molecule has 0 fully saturated rings. The van der Waals surface area contributed by atoms with Gasteiger partial charge in [-0.1, -0.05) is 12.1 Å². The molecule has 8 nitrogen and oxygen atoms in total.